The summed E-state index contributed by atoms with van der Waals surface area (Å²) in [6.07, 6.45) is 0. The van der Waals surface area contributed by atoms with Crippen molar-refractivity contribution in [3.05, 3.63) is 44.6 Å². The van der Waals surface area contributed by atoms with E-state index >= 15 is 0 Å². The highest BCUT2D eigenvalue weighted by atomic mass is 35.5. The average Bonchev–Trinajstić information content (AvgIpc) is 2.86. The van der Waals surface area contributed by atoms with Crippen LogP contribution in [-0.4, -0.2) is 14.2 Å². The van der Waals surface area contributed by atoms with Crippen molar-refractivity contribution in [2.45, 2.75) is 20.0 Å². The molecule has 0 aliphatic carbocycles. The topological polar surface area (TPSA) is 30.5 Å². The third-order valence-electron chi connectivity index (χ3n) is 2.98. The number of ether oxygens (including phenoxy) is 2. The van der Waals surface area contributed by atoms with E-state index in [0.717, 1.165) is 12.1 Å². The third kappa shape index (κ3) is 3.45. The molecule has 1 aromatic heterocycles. The van der Waals surface area contributed by atoms with E-state index in [1.807, 2.05) is 12.1 Å². The average molecular weight is 312 g/mol. The third-order valence-corrected chi connectivity index (χ3v) is 4.39. The lowest BCUT2D eigenvalue weighted by atomic mass is 10.2. The smallest absolute Gasteiger partial charge is 0.179 e. The van der Waals surface area contributed by atoms with Crippen LogP contribution in [0, 0.1) is 6.92 Å². The molecule has 20 heavy (non-hydrogen) atoms. The molecular formula is C15H18ClNO2S. The number of hydrogen-bond acceptors (Lipinski definition) is 4. The Kier molecular flexibility index (Phi) is 5.29. The SMILES string of the molecule is COc1ccc(CNCc2ccc(C)s2)c(Cl)c1OC. The number of rotatable bonds is 6. The largest absolute Gasteiger partial charge is 0.493 e. The van der Waals surface area contributed by atoms with Crippen LogP contribution < -0.4 is 14.8 Å². The fraction of sp³-hybridized carbons (Fsp3) is 0.333. The van der Waals surface area contributed by atoms with Gasteiger partial charge in [-0.25, -0.2) is 0 Å². The molecule has 1 aromatic carbocycles. The van der Waals surface area contributed by atoms with Crippen LogP contribution >= 0.6 is 22.9 Å². The van der Waals surface area contributed by atoms with Crippen LogP contribution in [0.25, 0.3) is 0 Å². The number of hydrogen-bond donors (Lipinski definition) is 1. The molecule has 0 spiro atoms. The summed E-state index contributed by atoms with van der Waals surface area (Å²) in [6, 6.07) is 8.10. The van der Waals surface area contributed by atoms with Crippen molar-refractivity contribution in [1.29, 1.82) is 0 Å². The standard InChI is InChI=1S/C15H18ClNO2S/c1-10-4-6-12(20-10)9-17-8-11-5-7-13(18-2)15(19-3)14(11)16/h4-7,17H,8-9H2,1-3H3. The normalized spacial score (nSPS) is 10.6. The first-order valence-corrected chi connectivity index (χ1v) is 7.50. The molecule has 0 saturated carbocycles. The van der Waals surface area contributed by atoms with Crippen LogP contribution in [0.3, 0.4) is 0 Å². The first-order valence-electron chi connectivity index (χ1n) is 6.31. The van der Waals surface area contributed by atoms with Gasteiger partial charge in [0, 0.05) is 22.8 Å². The van der Waals surface area contributed by atoms with E-state index < -0.39 is 0 Å². The minimum absolute atomic E-state index is 0.584. The zero-order chi connectivity index (χ0) is 14.5. The second kappa shape index (κ2) is 6.97. The molecule has 1 N–H and O–H groups in total. The maximum atomic E-state index is 6.34. The maximum Gasteiger partial charge on any atom is 0.179 e. The summed E-state index contributed by atoms with van der Waals surface area (Å²) in [5.41, 5.74) is 0.998. The Labute approximate surface area is 128 Å². The molecule has 3 nitrogen and oxygen atoms in total. The van der Waals surface area contributed by atoms with E-state index in [1.165, 1.54) is 9.75 Å². The van der Waals surface area contributed by atoms with Gasteiger partial charge in [0.25, 0.3) is 0 Å². The molecule has 0 unspecified atom stereocenters. The summed E-state index contributed by atoms with van der Waals surface area (Å²) in [4.78, 5) is 2.64. The first kappa shape index (κ1) is 15.2. The van der Waals surface area contributed by atoms with E-state index in [9.17, 15) is 0 Å². The van der Waals surface area contributed by atoms with Gasteiger partial charge in [-0.1, -0.05) is 17.7 Å². The van der Waals surface area contributed by atoms with Gasteiger partial charge in [-0.2, -0.15) is 0 Å². The van der Waals surface area contributed by atoms with Gasteiger partial charge >= 0.3 is 0 Å². The summed E-state index contributed by atoms with van der Waals surface area (Å²) >= 11 is 8.14. The zero-order valence-electron chi connectivity index (χ0n) is 11.8. The Morgan fingerprint density at radius 3 is 2.50 bits per heavy atom. The maximum absolute atomic E-state index is 6.34. The second-order valence-electron chi connectivity index (χ2n) is 4.39. The van der Waals surface area contributed by atoms with E-state index in [2.05, 4.69) is 24.4 Å². The first-order chi connectivity index (χ1) is 9.65. The molecule has 2 rings (SSSR count). The Bertz CT molecular complexity index is 583. The quantitative estimate of drug-likeness (QED) is 0.874. The molecule has 2 aromatic rings. The molecule has 0 aliphatic heterocycles. The van der Waals surface area contributed by atoms with Gasteiger partial charge < -0.3 is 14.8 Å². The molecule has 0 bridgehead atoms. The number of thiophene rings is 1. The van der Waals surface area contributed by atoms with Gasteiger partial charge in [-0.15, -0.1) is 11.3 Å². The molecule has 1 heterocycles. The van der Waals surface area contributed by atoms with Crippen molar-refractivity contribution >= 4 is 22.9 Å². The second-order valence-corrected chi connectivity index (χ2v) is 6.14. The van der Waals surface area contributed by atoms with E-state index in [-0.39, 0.29) is 0 Å². The van der Waals surface area contributed by atoms with E-state index in [1.54, 1.807) is 25.6 Å². The zero-order valence-corrected chi connectivity index (χ0v) is 13.4. The predicted octanol–water partition coefficient (Wildman–Crippen LogP) is 4.02. The molecule has 0 radical (unpaired) electrons. The molecule has 5 heteroatoms. The highest BCUT2D eigenvalue weighted by Crippen LogP contribution is 2.37. The minimum Gasteiger partial charge on any atom is -0.493 e. The number of halogens is 1. The van der Waals surface area contributed by atoms with Gasteiger partial charge in [0.05, 0.1) is 19.2 Å². The molecule has 0 atom stereocenters. The number of methoxy groups -OCH3 is 2. The summed E-state index contributed by atoms with van der Waals surface area (Å²) in [5.74, 6) is 1.23. The van der Waals surface area contributed by atoms with Gasteiger partial charge in [-0.05, 0) is 30.7 Å². The van der Waals surface area contributed by atoms with Gasteiger partial charge in [-0.3, -0.25) is 0 Å². The van der Waals surface area contributed by atoms with Crippen molar-refractivity contribution in [2.24, 2.45) is 0 Å². The Morgan fingerprint density at radius 1 is 1.10 bits per heavy atom. The lowest BCUT2D eigenvalue weighted by Gasteiger charge is -2.13. The number of aryl methyl sites for hydroxylation is 1. The van der Waals surface area contributed by atoms with Crippen molar-refractivity contribution in [1.82, 2.24) is 5.32 Å². The van der Waals surface area contributed by atoms with Crippen LogP contribution in [0.1, 0.15) is 15.3 Å². The van der Waals surface area contributed by atoms with E-state index in [4.69, 9.17) is 21.1 Å². The molecule has 0 saturated heterocycles. The number of nitrogens with one attached hydrogen (secondary N) is 1. The monoisotopic (exact) mass is 311 g/mol. The fourth-order valence-electron chi connectivity index (χ4n) is 1.97. The Balaban J connectivity index is 2.02. The lowest BCUT2D eigenvalue weighted by molar-refractivity contribution is 0.354. The summed E-state index contributed by atoms with van der Waals surface area (Å²) in [6.45, 7) is 3.64. The predicted molar refractivity (Wildman–Crippen MR) is 84.2 cm³/mol. The Hall–Kier alpha value is -1.23. The molecular weight excluding hydrogens is 294 g/mol. The van der Waals surface area contributed by atoms with Crippen molar-refractivity contribution in [3.63, 3.8) is 0 Å². The van der Waals surface area contributed by atoms with Gasteiger partial charge in [0.15, 0.2) is 11.5 Å². The Morgan fingerprint density at radius 2 is 1.90 bits per heavy atom. The summed E-state index contributed by atoms with van der Waals surface area (Å²) in [5, 5.41) is 3.99. The van der Waals surface area contributed by atoms with Crippen LogP contribution in [-0.2, 0) is 13.1 Å². The summed E-state index contributed by atoms with van der Waals surface area (Å²) in [7, 11) is 3.20. The van der Waals surface area contributed by atoms with Crippen molar-refractivity contribution in [3.8, 4) is 11.5 Å². The lowest BCUT2D eigenvalue weighted by Crippen LogP contribution is -2.12. The molecule has 0 amide bonds. The molecule has 108 valence electrons. The van der Waals surface area contributed by atoms with Crippen molar-refractivity contribution < 1.29 is 9.47 Å². The van der Waals surface area contributed by atoms with Crippen LogP contribution in [0.15, 0.2) is 24.3 Å². The highest BCUT2D eigenvalue weighted by molar-refractivity contribution is 7.11. The van der Waals surface area contributed by atoms with Gasteiger partial charge in [0.2, 0.25) is 0 Å². The molecule has 0 fully saturated rings. The summed E-state index contributed by atoms with van der Waals surface area (Å²) < 4.78 is 10.5. The van der Waals surface area contributed by atoms with Crippen molar-refractivity contribution in [2.75, 3.05) is 14.2 Å². The fourth-order valence-corrected chi connectivity index (χ4v) is 3.13. The van der Waals surface area contributed by atoms with Crippen LogP contribution in [0.4, 0.5) is 0 Å². The molecule has 0 aliphatic rings. The van der Waals surface area contributed by atoms with E-state index in [0.29, 0.717) is 23.1 Å². The van der Waals surface area contributed by atoms with Gasteiger partial charge in [0.1, 0.15) is 0 Å². The van der Waals surface area contributed by atoms with Crippen LogP contribution in [0.5, 0.6) is 11.5 Å². The highest BCUT2D eigenvalue weighted by Gasteiger charge is 2.12. The number of benzene rings is 1. The van der Waals surface area contributed by atoms with Crippen LogP contribution in [0.2, 0.25) is 5.02 Å². The minimum atomic E-state index is 0.584.